The maximum Gasteiger partial charge on any atom is 0.409 e. The first kappa shape index (κ1) is 23.2. The Balaban J connectivity index is 3.70. The Morgan fingerprint density at radius 2 is 1.59 bits per heavy atom. The number of carboxylic acid groups (broad SMARTS) is 2. The monoisotopic (exact) mass is 491 g/mol. The number of nitrogens with one attached hydrogen (secondary N) is 1. The van der Waals surface area contributed by atoms with Gasteiger partial charge in [0.1, 0.15) is 5.60 Å². The molecule has 1 rings (SSSR count). The summed E-state index contributed by atoms with van der Waals surface area (Å²) in [4.78, 5) is 37.1. The molecule has 0 heterocycles. The van der Waals surface area contributed by atoms with E-state index < -0.39 is 34.6 Å². The van der Waals surface area contributed by atoms with E-state index in [1.165, 1.54) is 0 Å². The van der Waals surface area contributed by atoms with Crippen molar-refractivity contribution in [1.82, 2.24) is 5.32 Å². The Kier molecular flexibility index (Phi) is 7.26. The molecule has 8 heteroatoms. The fourth-order valence-corrected chi connectivity index (χ4v) is 3.92. The maximum atomic E-state index is 12.4. The highest BCUT2D eigenvalue weighted by Crippen LogP contribution is 2.43. The first-order valence-electron chi connectivity index (χ1n) is 8.60. The number of benzene rings is 1. The molecule has 0 fully saturated rings. The summed E-state index contributed by atoms with van der Waals surface area (Å²) < 4.78 is 5.99. The molecule has 3 N–H and O–H groups in total. The molecule has 1 aromatic rings. The average molecular weight is 491 g/mol. The van der Waals surface area contributed by atoms with E-state index in [1.54, 1.807) is 52.8 Å². The van der Waals surface area contributed by atoms with Crippen LogP contribution in [0.15, 0.2) is 24.3 Å². The van der Waals surface area contributed by atoms with Crippen molar-refractivity contribution in [2.45, 2.75) is 64.0 Å². The number of aliphatic carboxylic acids is 2. The molecule has 1 amide bonds. The Morgan fingerprint density at radius 3 is 1.96 bits per heavy atom. The van der Waals surface area contributed by atoms with Crippen molar-refractivity contribution < 1.29 is 29.3 Å². The standard InChI is InChI=1S/C19H26INO6/c1-6-18(7-2,12-9-8-10-13(20)11-12)19(14(22)23,15(24)25)21-16(26)27-17(3,4)5/h8-11H,6-7H2,1-5H3,(H,21,26)(H,22,23)(H,24,25). The molecule has 0 bridgehead atoms. The topological polar surface area (TPSA) is 113 Å². The van der Waals surface area contributed by atoms with Crippen LogP contribution in [0, 0.1) is 3.57 Å². The highest BCUT2D eigenvalue weighted by molar-refractivity contribution is 14.1. The van der Waals surface area contributed by atoms with Crippen molar-refractivity contribution in [3.8, 4) is 0 Å². The zero-order valence-corrected chi connectivity index (χ0v) is 18.3. The number of rotatable bonds is 7. The third-order valence-corrected chi connectivity index (χ3v) is 5.30. The van der Waals surface area contributed by atoms with Gasteiger partial charge in [0, 0.05) is 8.99 Å². The van der Waals surface area contributed by atoms with E-state index in [9.17, 15) is 24.6 Å². The molecule has 0 saturated heterocycles. The summed E-state index contributed by atoms with van der Waals surface area (Å²) >= 11 is 2.08. The molecule has 0 atom stereocenters. The largest absolute Gasteiger partial charge is 0.479 e. The van der Waals surface area contributed by atoms with Gasteiger partial charge in [-0.25, -0.2) is 14.4 Å². The van der Waals surface area contributed by atoms with Gasteiger partial charge in [-0.1, -0.05) is 26.0 Å². The number of amides is 1. The molecular weight excluding hydrogens is 465 g/mol. The number of carboxylic acids is 2. The van der Waals surface area contributed by atoms with Crippen LogP contribution < -0.4 is 5.32 Å². The highest BCUT2D eigenvalue weighted by atomic mass is 127. The normalized spacial score (nSPS) is 12.4. The first-order valence-corrected chi connectivity index (χ1v) is 9.68. The van der Waals surface area contributed by atoms with Gasteiger partial charge in [0.05, 0.1) is 0 Å². The van der Waals surface area contributed by atoms with Crippen molar-refractivity contribution in [3.63, 3.8) is 0 Å². The van der Waals surface area contributed by atoms with Gasteiger partial charge in [-0.2, -0.15) is 0 Å². The van der Waals surface area contributed by atoms with E-state index in [-0.39, 0.29) is 12.8 Å². The van der Waals surface area contributed by atoms with Gasteiger partial charge in [0.25, 0.3) is 0 Å². The van der Waals surface area contributed by atoms with Gasteiger partial charge in [0.2, 0.25) is 5.54 Å². The molecular formula is C19H26INO6. The Hall–Kier alpha value is -1.84. The molecule has 150 valence electrons. The van der Waals surface area contributed by atoms with Crippen molar-refractivity contribution in [2.24, 2.45) is 0 Å². The maximum absolute atomic E-state index is 12.4. The van der Waals surface area contributed by atoms with E-state index in [0.29, 0.717) is 5.56 Å². The van der Waals surface area contributed by atoms with Crippen LogP contribution >= 0.6 is 22.6 Å². The van der Waals surface area contributed by atoms with Crippen LogP contribution in [0.4, 0.5) is 4.79 Å². The lowest BCUT2D eigenvalue weighted by Crippen LogP contribution is -2.71. The number of hydrogen-bond acceptors (Lipinski definition) is 4. The second-order valence-electron chi connectivity index (χ2n) is 7.29. The molecule has 27 heavy (non-hydrogen) atoms. The average Bonchev–Trinajstić information content (AvgIpc) is 2.53. The molecule has 0 unspecified atom stereocenters. The van der Waals surface area contributed by atoms with Gasteiger partial charge in [0.15, 0.2) is 0 Å². The van der Waals surface area contributed by atoms with E-state index in [1.807, 2.05) is 6.07 Å². The van der Waals surface area contributed by atoms with E-state index in [2.05, 4.69) is 27.9 Å². The molecule has 0 aliphatic carbocycles. The van der Waals surface area contributed by atoms with Crippen LogP contribution in [0.3, 0.4) is 0 Å². The number of alkyl carbamates (subject to hydrolysis) is 1. The minimum atomic E-state index is -2.59. The van der Waals surface area contributed by atoms with Crippen LogP contribution in [0.1, 0.15) is 53.0 Å². The summed E-state index contributed by atoms with van der Waals surface area (Å²) in [6.07, 6.45) is -0.736. The summed E-state index contributed by atoms with van der Waals surface area (Å²) in [6.45, 7) is 8.26. The van der Waals surface area contributed by atoms with Crippen LogP contribution in [-0.4, -0.2) is 39.4 Å². The number of hydrogen-bond donors (Lipinski definition) is 3. The predicted octanol–water partition coefficient (Wildman–Crippen LogP) is 3.78. The summed E-state index contributed by atoms with van der Waals surface area (Å²) in [5.74, 6) is -3.30. The number of carbonyl (C=O) groups is 3. The lowest BCUT2D eigenvalue weighted by atomic mass is 9.61. The van der Waals surface area contributed by atoms with Gasteiger partial charge in [-0.05, 0) is 73.9 Å². The zero-order chi connectivity index (χ0) is 21.0. The van der Waals surface area contributed by atoms with Crippen molar-refractivity contribution in [2.75, 3.05) is 0 Å². The fourth-order valence-electron chi connectivity index (χ4n) is 3.38. The third kappa shape index (κ3) is 4.53. The summed E-state index contributed by atoms with van der Waals surface area (Å²) in [5.41, 5.74) is -4.36. The SMILES string of the molecule is CCC(CC)(c1cccc(I)c1)C(NC(=O)OC(C)(C)C)(C(=O)O)C(=O)O. The minimum Gasteiger partial charge on any atom is -0.479 e. The number of carbonyl (C=O) groups excluding carboxylic acids is 1. The molecule has 0 radical (unpaired) electrons. The summed E-state index contributed by atoms with van der Waals surface area (Å²) in [5, 5.41) is 22.2. The van der Waals surface area contributed by atoms with E-state index in [4.69, 9.17) is 4.74 Å². The lowest BCUT2D eigenvalue weighted by Gasteiger charge is -2.45. The van der Waals surface area contributed by atoms with Crippen molar-refractivity contribution >= 4 is 40.6 Å². The van der Waals surface area contributed by atoms with Gasteiger partial charge < -0.3 is 14.9 Å². The Bertz CT molecular complexity index is 707. The van der Waals surface area contributed by atoms with Crippen LogP contribution in [-0.2, 0) is 19.7 Å². The molecule has 0 aliphatic heterocycles. The molecule has 7 nitrogen and oxygen atoms in total. The minimum absolute atomic E-state index is 0.179. The number of halogens is 1. The smallest absolute Gasteiger partial charge is 0.409 e. The summed E-state index contributed by atoms with van der Waals surface area (Å²) in [6, 6.07) is 6.99. The third-order valence-electron chi connectivity index (χ3n) is 4.63. The molecule has 0 aromatic heterocycles. The Morgan fingerprint density at radius 1 is 1.07 bits per heavy atom. The number of ether oxygens (including phenoxy) is 1. The van der Waals surface area contributed by atoms with Crippen molar-refractivity contribution in [3.05, 3.63) is 33.4 Å². The Labute approximate surface area is 172 Å². The van der Waals surface area contributed by atoms with Gasteiger partial charge >= 0.3 is 18.0 Å². The molecule has 0 aliphatic rings. The second-order valence-corrected chi connectivity index (χ2v) is 8.53. The van der Waals surface area contributed by atoms with Crippen LogP contribution in [0.25, 0.3) is 0 Å². The molecule has 0 saturated carbocycles. The fraction of sp³-hybridized carbons (Fsp3) is 0.526. The van der Waals surface area contributed by atoms with Gasteiger partial charge in [-0.3, -0.25) is 5.32 Å². The highest BCUT2D eigenvalue weighted by Gasteiger charge is 2.63. The van der Waals surface area contributed by atoms with Gasteiger partial charge in [-0.15, -0.1) is 0 Å². The lowest BCUT2D eigenvalue weighted by molar-refractivity contribution is -0.164. The second kappa shape index (κ2) is 8.45. The quantitative estimate of drug-likeness (QED) is 0.395. The van der Waals surface area contributed by atoms with E-state index >= 15 is 0 Å². The van der Waals surface area contributed by atoms with Crippen LogP contribution in [0.2, 0.25) is 0 Å². The van der Waals surface area contributed by atoms with Crippen molar-refractivity contribution in [1.29, 1.82) is 0 Å². The van der Waals surface area contributed by atoms with E-state index in [0.717, 1.165) is 3.57 Å². The van der Waals surface area contributed by atoms with Crippen LogP contribution in [0.5, 0.6) is 0 Å². The summed E-state index contributed by atoms with van der Waals surface area (Å²) in [7, 11) is 0. The first-order chi connectivity index (χ1) is 12.4. The zero-order valence-electron chi connectivity index (χ0n) is 16.1. The molecule has 0 spiro atoms. The predicted molar refractivity (Wildman–Crippen MR) is 109 cm³/mol. The molecule has 1 aromatic carbocycles.